The third-order valence-corrected chi connectivity index (χ3v) is 4.60. The summed E-state index contributed by atoms with van der Waals surface area (Å²) in [6.07, 6.45) is 1.54. The van der Waals surface area contributed by atoms with Crippen molar-refractivity contribution in [3.05, 3.63) is 40.2 Å². The van der Waals surface area contributed by atoms with Crippen molar-refractivity contribution < 1.29 is 12.8 Å². The van der Waals surface area contributed by atoms with Crippen LogP contribution in [0.15, 0.2) is 38.4 Å². The van der Waals surface area contributed by atoms with E-state index in [9.17, 15) is 8.42 Å². The Kier molecular flexibility index (Phi) is 4.46. The van der Waals surface area contributed by atoms with Crippen LogP contribution in [-0.4, -0.2) is 20.4 Å². The summed E-state index contributed by atoms with van der Waals surface area (Å²) in [6, 6.07) is 4.67. The van der Waals surface area contributed by atoms with Gasteiger partial charge in [-0.1, -0.05) is 0 Å². The Bertz CT molecular complexity index is 712. The lowest BCUT2D eigenvalue weighted by molar-refractivity contribution is 0.408. The first kappa shape index (κ1) is 15.0. The summed E-state index contributed by atoms with van der Waals surface area (Å²) in [6.45, 7) is 2.31. The van der Waals surface area contributed by atoms with Crippen LogP contribution in [0.2, 0.25) is 0 Å². The zero-order valence-electron chi connectivity index (χ0n) is 11.0. The molecule has 0 unspecified atom stereocenters. The van der Waals surface area contributed by atoms with Crippen LogP contribution in [0.3, 0.4) is 0 Å². The second-order valence-corrected chi connectivity index (χ2v) is 6.64. The van der Waals surface area contributed by atoms with E-state index in [1.807, 2.05) is 6.92 Å². The van der Waals surface area contributed by atoms with Crippen molar-refractivity contribution >= 4 is 31.8 Å². The first-order chi connectivity index (χ1) is 9.42. The van der Waals surface area contributed by atoms with Crippen molar-refractivity contribution in [1.82, 2.24) is 10.3 Å². The molecule has 0 radical (unpaired) electrons. The van der Waals surface area contributed by atoms with Gasteiger partial charge in [-0.15, -0.1) is 0 Å². The fourth-order valence-corrected chi connectivity index (χ4v) is 2.72. The van der Waals surface area contributed by atoms with Gasteiger partial charge in [0.15, 0.2) is 0 Å². The summed E-state index contributed by atoms with van der Waals surface area (Å²) in [7, 11) is -2.01. The van der Waals surface area contributed by atoms with Crippen molar-refractivity contribution in [3.8, 4) is 0 Å². The third-order valence-electron chi connectivity index (χ3n) is 2.54. The van der Waals surface area contributed by atoms with Crippen LogP contribution in [0, 0.1) is 6.92 Å². The average Bonchev–Trinajstić information content (AvgIpc) is 2.83. The number of hydrogen-bond donors (Lipinski definition) is 2. The molecule has 0 aliphatic rings. The van der Waals surface area contributed by atoms with Crippen molar-refractivity contribution in [2.75, 3.05) is 11.8 Å². The Labute approximate surface area is 125 Å². The number of anilines is 1. The number of pyridine rings is 1. The fourth-order valence-electron chi connectivity index (χ4n) is 1.56. The van der Waals surface area contributed by atoms with Gasteiger partial charge in [-0.05, 0) is 53.7 Å². The van der Waals surface area contributed by atoms with Gasteiger partial charge in [0.2, 0.25) is 5.09 Å². The summed E-state index contributed by atoms with van der Waals surface area (Å²) >= 11 is 3.31. The highest BCUT2D eigenvalue weighted by molar-refractivity contribution is 9.10. The van der Waals surface area contributed by atoms with Crippen LogP contribution in [0.4, 0.5) is 5.82 Å². The molecular formula is C12H14BrN3O3S. The maximum Gasteiger partial charge on any atom is 0.296 e. The number of hydrogen-bond acceptors (Lipinski definition) is 5. The third kappa shape index (κ3) is 3.38. The Morgan fingerprint density at radius 2 is 2.15 bits per heavy atom. The van der Waals surface area contributed by atoms with E-state index in [1.165, 1.54) is 6.07 Å². The first-order valence-corrected chi connectivity index (χ1v) is 8.08. The molecule has 0 fully saturated rings. The van der Waals surface area contributed by atoms with Gasteiger partial charge in [0.05, 0.1) is 6.54 Å². The number of aromatic nitrogens is 1. The molecule has 0 aliphatic carbocycles. The predicted octanol–water partition coefficient (Wildman–Crippen LogP) is 2.27. The van der Waals surface area contributed by atoms with Crippen LogP contribution in [0.5, 0.6) is 0 Å². The van der Waals surface area contributed by atoms with Crippen molar-refractivity contribution in [2.45, 2.75) is 18.6 Å². The fraction of sp³-hybridized carbons (Fsp3) is 0.250. The largest absolute Gasteiger partial charge is 0.446 e. The maximum absolute atomic E-state index is 12.1. The van der Waals surface area contributed by atoms with Crippen LogP contribution < -0.4 is 10.0 Å². The number of nitrogens with zero attached hydrogens (tertiary/aromatic N) is 1. The van der Waals surface area contributed by atoms with E-state index in [2.05, 4.69) is 31.0 Å². The zero-order chi connectivity index (χ0) is 14.8. The van der Waals surface area contributed by atoms with Gasteiger partial charge < -0.3 is 9.73 Å². The van der Waals surface area contributed by atoms with Crippen molar-refractivity contribution in [3.63, 3.8) is 0 Å². The molecule has 2 aromatic rings. The molecule has 2 N–H and O–H groups in total. The van der Waals surface area contributed by atoms with E-state index >= 15 is 0 Å². The molecule has 20 heavy (non-hydrogen) atoms. The standard InChI is InChI=1S/C12H14BrN3O3S/c1-8-5-11(15-7-10(8)13)16-20(17,18)12-4-3-9(19-12)6-14-2/h3-5,7,14H,6H2,1-2H3,(H,15,16). The molecule has 0 aliphatic heterocycles. The monoisotopic (exact) mass is 359 g/mol. The highest BCUT2D eigenvalue weighted by Gasteiger charge is 2.19. The van der Waals surface area contributed by atoms with Crippen LogP contribution in [-0.2, 0) is 16.6 Å². The minimum Gasteiger partial charge on any atom is -0.446 e. The molecule has 108 valence electrons. The summed E-state index contributed by atoms with van der Waals surface area (Å²) in [5, 5.41) is 2.75. The number of furan rings is 1. The van der Waals surface area contributed by atoms with E-state index in [0.29, 0.717) is 12.3 Å². The van der Waals surface area contributed by atoms with Crippen molar-refractivity contribution in [2.24, 2.45) is 0 Å². The Balaban J connectivity index is 2.23. The Morgan fingerprint density at radius 3 is 2.80 bits per heavy atom. The lowest BCUT2D eigenvalue weighted by Crippen LogP contribution is -2.13. The van der Waals surface area contributed by atoms with Crippen LogP contribution in [0.1, 0.15) is 11.3 Å². The minimum atomic E-state index is -3.76. The topological polar surface area (TPSA) is 84.2 Å². The van der Waals surface area contributed by atoms with Gasteiger partial charge in [-0.25, -0.2) is 4.98 Å². The molecular weight excluding hydrogens is 346 g/mol. The quantitative estimate of drug-likeness (QED) is 0.855. The van der Waals surface area contributed by atoms with Gasteiger partial charge in [-0.3, -0.25) is 4.72 Å². The number of halogens is 1. The summed E-state index contributed by atoms with van der Waals surface area (Å²) < 4.78 is 32.7. The van der Waals surface area contributed by atoms with Gasteiger partial charge in [0.1, 0.15) is 11.6 Å². The highest BCUT2D eigenvalue weighted by Crippen LogP contribution is 2.21. The molecule has 6 nitrogen and oxygen atoms in total. The molecule has 2 aromatic heterocycles. The lowest BCUT2D eigenvalue weighted by atomic mass is 10.3. The number of sulfonamides is 1. The van der Waals surface area contributed by atoms with Gasteiger partial charge in [0, 0.05) is 10.7 Å². The molecule has 0 bridgehead atoms. The number of nitrogens with one attached hydrogen (secondary N) is 2. The molecule has 0 aromatic carbocycles. The summed E-state index contributed by atoms with van der Waals surface area (Å²) in [4.78, 5) is 4.00. The van der Waals surface area contributed by atoms with E-state index < -0.39 is 10.0 Å². The second-order valence-electron chi connectivity index (χ2n) is 4.18. The summed E-state index contributed by atoms with van der Waals surface area (Å²) in [5.41, 5.74) is 0.882. The molecule has 0 saturated heterocycles. The molecule has 0 amide bonds. The molecule has 0 atom stereocenters. The number of rotatable bonds is 5. The van der Waals surface area contributed by atoms with E-state index in [1.54, 1.807) is 25.4 Å². The van der Waals surface area contributed by atoms with Gasteiger partial charge in [-0.2, -0.15) is 8.42 Å². The SMILES string of the molecule is CNCc1ccc(S(=O)(=O)Nc2cc(C)c(Br)cn2)o1. The zero-order valence-corrected chi connectivity index (χ0v) is 13.4. The molecule has 2 rings (SSSR count). The van der Waals surface area contributed by atoms with Gasteiger partial charge >= 0.3 is 0 Å². The van der Waals surface area contributed by atoms with E-state index in [-0.39, 0.29) is 10.9 Å². The lowest BCUT2D eigenvalue weighted by Gasteiger charge is -2.06. The summed E-state index contributed by atoms with van der Waals surface area (Å²) in [5.74, 6) is 0.796. The van der Waals surface area contributed by atoms with E-state index in [4.69, 9.17) is 4.42 Å². The minimum absolute atomic E-state index is 0.134. The highest BCUT2D eigenvalue weighted by atomic mass is 79.9. The van der Waals surface area contributed by atoms with Crippen molar-refractivity contribution in [1.29, 1.82) is 0 Å². The normalized spacial score (nSPS) is 11.6. The smallest absolute Gasteiger partial charge is 0.296 e. The number of aryl methyl sites for hydroxylation is 1. The second kappa shape index (κ2) is 5.94. The van der Waals surface area contributed by atoms with Gasteiger partial charge in [0.25, 0.3) is 10.0 Å². The van der Waals surface area contributed by atoms with Crippen LogP contribution in [0.25, 0.3) is 0 Å². The predicted molar refractivity (Wildman–Crippen MR) is 79.0 cm³/mol. The Hall–Kier alpha value is -1.38. The molecule has 0 spiro atoms. The first-order valence-electron chi connectivity index (χ1n) is 5.80. The molecule has 8 heteroatoms. The maximum atomic E-state index is 12.1. The Morgan fingerprint density at radius 1 is 1.40 bits per heavy atom. The molecule has 2 heterocycles. The van der Waals surface area contributed by atoms with E-state index in [0.717, 1.165) is 10.0 Å². The average molecular weight is 360 g/mol. The van der Waals surface area contributed by atoms with Crippen LogP contribution >= 0.6 is 15.9 Å². The molecule has 0 saturated carbocycles.